The Bertz CT molecular complexity index is 1070. The summed E-state index contributed by atoms with van der Waals surface area (Å²) in [5, 5.41) is 6.57. The maximum absolute atomic E-state index is 12.3. The number of nitrogens with two attached hydrogens (primary N) is 1. The summed E-state index contributed by atoms with van der Waals surface area (Å²) in [6.07, 6.45) is 3.32. The standard InChI is InChI=1S/C23H22Cl2N4O2/c1-14-10-19(24)20(25)11-17(14)13-28-22(30)12-21(26)15-2-4-16(5-3-15)23(31)29-18-6-8-27-9-7-18/h2-11,21H,12-13,26H2,1H3,(H,28,30)(H,27,29,31). The SMILES string of the molecule is Cc1cc(Cl)c(Cl)cc1CNC(=O)CC(N)c1ccc(C(=O)Nc2ccncc2)cc1. The van der Waals surface area contributed by atoms with Crippen LogP contribution in [-0.4, -0.2) is 16.8 Å². The summed E-state index contributed by atoms with van der Waals surface area (Å²) >= 11 is 12.0. The highest BCUT2D eigenvalue weighted by atomic mass is 35.5. The van der Waals surface area contributed by atoms with E-state index in [4.69, 9.17) is 28.9 Å². The zero-order chi connectivity index (χ0) is 22.4. The third-order valence-electron chi connectivity index (χ3n) is 4.80. The smallest absolute Gasteiger partial charge is 0.255 e. The summed E-state index contributed by atoms with van der Waals surface area (Å²) in [5.41, 5.74) is 9.94. The molecule has 1 aromatic heterocycles. The van der Waals surface area contributed by atoms with Gasteiger partial charge in [-0.25, -0.2) is 0 Å². The Balaban J connectivity index is 1.54. The minimum Gasteiger partial charge on any atom is -0.352 e. The van der Waals surface area contributed by atoms with E-state index in [1.54, 1.807) is 60.9 Å². The van der Waals surface area contributed by atoms with Crippen molar-refractivity contribution in [2.45, 2.75) is 25.9 Å². The lowest BCUT2D eigenvalue weighted by Crippen LogP contribution is -2.27. The van der Waals surface area contributed by atoms with Crippen LogP contribution in [0.2, 0.25) is 10.0 Å². The number of halogens is 2. The lowest BCUT2D eigenvalue weighted by atomic mass is 10.0. The maximum Gasteiger partial charge on any atom is 0.255 e. The van der Waals surface area contributed by atoms with Crippen LogP contribution in [0.4, 0.5) is 5.69 Å². The second-order valence-electron chi connectivity index (χ2n) is 7.09. The minimum atomic E-state index is -0.493. The van der Waals surface area contributed by atoms with E-state index in [1.807, 2.05) is 6.92 Å². The molecule has 0 aliphatic carbocycles. The van der Waals surface area contributed by atoms with Crippen molar-refractivity contribution in [2.75, 3.05) is 5.32 Å². The number of pyridine rings is 1. The van der Waals surface area contributed by atoms with Gasteiger partial charge in [-0.15, -0.1) is 0 Å². The van der Waals surface area contributed by atoms with Gasteiger partial charge in [-0.05, 0) is 60.0 Å². The first-order valence-corrected chi connectivity index (χ1v) is 10.4. The molecule has 2 aromatic carbocycles. The van der Waals surface area contributed by atoms with Crippen molar-refractivity contribution >= 4 is 40.7 Å². The molecule has 0 fully saturated rings. The number of hydrogen-bond acceptors (Lipinski definition) is 4. The highest BCUT2D eigenvalue weighted by molar-refractivity contribution is 6.42. The number of aryl methyl sites for hydroxylation is 1. The summed E-state index contributed by atoms with van der Waals surface area (Å²) in [5.74, 6) is -0.418. The summed E-state index contributed by atoms with van der Waals surface area (Å²) in [6, 6.07) is 13.3. The fraction of sp³-hybridized carbons (Fsp3) is 0.174. The molecular weight excluding hydrogens is 435 g/mol. The monoisotopic (exact) mass is 456 g/mol. The zero-order valence-electron chi connectivity index (χ0n) is 16.9. The molecule has 0 spiro atoms. The fourth-order valence-electron chi connectivity index (χ4n) is 2.98. The third-order valence-corrected chi connectivity index (χ3v) is 5.52. The van der Waals surface area contributed by atoms with E-state index in [1.165, 1.54) is 0 Å². The van der Waals surface area contributed by atoms with Gasteiger partial charge in [0.25, 0.3) is 5.91 Å². The van der Waals surface area contributed by atoms with Gasteiger partial charge in [0.05, 0.1) is 10.0 Å². The van der Waals surface area contributed by atoms with E-state index in [0.717, 1.165) is 16.7 Å². The molecule has 4 N–H and O–H groups in total. The van der Waals surface area contributed by atoms with Gasteiger partial charge in [-0.3, -0.25) is 14.6 Å². The third kappa shape index (κ3) is 6.28. The van der Waals surface area contributed by atoms with Crippen molar-refractivity contribution in [3.8, 4) is 0 Å². The predicted molar refractivity (Wildman–Crippen MR) is 123 cm³/mol. The molecule has 0 saturated carbocycles. The Labute approximate surface area is 190 Å². The molecule has 6 nitrogen and oxygen atoms in total. The number of rotatable bonds is 7. The highest BCUT2D eigenvalue weighted by Gasteiger charge is 2.14. The van der Waals surface area contributed by atoms with Gasteiger partial charge in [-0.2, -0.15) is 0 Å². The molecule has 1 unspecified atom stereocenters. The summed E-state index contributed by atoms with van der Waals surface area (Å²) in [6.45, 7) is 2.24. The van der Waals surface area contributed by atoms with Crippen LogP contribution in [0, 0.1) is 6.92 Å². The molecule has 31 heavy (non-hydrogen) atoms. The predicted octanol–water partition coefficient (Wildman–Crippen LogP) is 4.66. The van der Waals surface area contributed by atoms with E-state index >= 15 is 0 Å². The number of nitrogens with zero attached hydrogens (tertiary/aromatic N) is 1. The van der Waals surface area contributed by atoms with Gasteiger partial charge >= 0.3 is 0 Å². The average molecular weight is 457 g/mol. The zero-order valence-corrected chi connectivity index (χ0v) is 18.4. The molecule has 0 aliphatic rings. The van der Waals surface area contributed by atoms with Crippen molar-refractivity contribution in [1.82, 2.24) is 10.3 Å². The molecule has 2 amide bonds. The summed E-state index contributed by atoms with van der Waals surface area (Å²) < 4.78 is 0. The molecule has 0 radical (unpaired) electrons. The van der Waals surface area contributed by atoms with Gasteiger partial charge in [0.15, 0.2) is 0 Å². The van der Waals surface area contributed by atoms with Gasteiger partial charge < -0.3 is 16.4 Å². The second-order valence-corrected chi connectivity index (χ2v) is 7.91. The first kappa shape index (κ1) is 22.7. The van der Waals surface area contributed by atoms with Gasteiger partial charge in [0.1, 0.15) is 0 Å². The Morgan fingerprint density at radius 2 is 1.68 bits per heavy atom. The number of carbonyl (C=O) groups is 2. The fourth-order valence-corrected chi connectivity index (χ4v) is 3.39. The second kappa shape index (κ2) is 10.4. The molecule has 3 rings (SSSR count). The van der Waals surface area contributed by atoms with Gasteiger partial charge in [-0.1, -0.05) is 35.3 Å². The average Bonchev–Trinajstić information content (AvgIpc) is 2.76. The largest absolute Gasteiger partial charge is 0.352 e. The molecule has 0 bridgehead atoms. The molecular formula is C23H22Cl2N4O2. The van der Waals surface area contributed by atoms with Crippen molar-refractivity contribution in [3.63, 3.8) is 0 Å². The summed E-state index contributed by atoms with van der Waals surface area (Å²) in [7, 11) is 0. The molecule has 160 valence electrons. The van der Waals surface area contributed by atoms with Crippen LogP contribution in [0.25, 0.3) is 0 Å². The minimum absolute atomic E-state index is 0.114. The number of aromatic nitrogens is 1. The Morgan fingerprint density at radius 3 is 2.35 bits per heavy atom. The number of amides is 2. The van der Waals surface area contributed by atoms with Crippen LogP contribution >= 0.6 is 23.2 Å². The van der Waals surface area contributed by atoms with Crippen molar-refractivity contribution in [3.05, 3.63) is 93.2 Å². The molecule has 1 atom stereocenters. The first-order chi connectivity index (χ1) is 14.8. The van der Waals surface area contributed by atoms with Gasteiger partial charge in [0, 0.05) is 42.7 Å². The lowest BCUT2D eigenvalue weighted by molar-refractivity contribution is -0.121. The number of anilines is 1. The molecule has 3 aromatic rings. The van der Waals surface area contributed by atoms with E-state index in [-0.39, 0.29) is 18.2 Å². The molecule has 8 heteroatoms. The quantitative estimate of drug-likeness (QED) is 0.481. The molecule has 1 heterocycles. The normalized spacial score (nSPS) is 11.6. The molecule has 0 saturated heterocycles. The van der Waals surface area contributed by atoms with Crippen LogP contribution in [0.3, 0.4) is 0 Å². The highest BCUT2D eigenvalue weighted by Crippen LogP contribution is 2.25. The Hall–Kier alpha value is -2.93. The van der Waals surface area contributed by atoms with Gasteiger partial charge in [0.2, 0.25) is 5.91 Å². The summed E-state index contributed by atoms with van der Waals surface area (Å²) in [4.78, 5) is 28.6. The Morgan fingerprint density at radius 1 is 1.03 bits per heavy atom. The van der Waals surface area contributed by atoms with Crippen LogP contribution in [0.5, 0.6) is 0 Å². The number of benzene rings is 2. The number of hydrogen-bond donors (Lipinski definition) is 3. The Kier molecular flexibility index (Phi) is 7.63. The van der Waals surface area contributed by atoms with Crippen LogP contribution in [-0.2, 0) is 11.3 Å². The molecule has 0 aliphatic heterocycles. The van der Waals surface area contributed by atoms with Crippen molar-refractivity contribution < 1.29 is 9.59 Å². The van der Waals surface area contributed by atoms with Crippen LogP contribution in [0.1, 0.15) is 39.5 Å². The van der Waals surface area contributed by atoms with Crippen LogP contribution < -0.4 is 16.4 Å². The van der Waals surface area contributed by atoms with Crippen molar-refractivity contribution in [1.29, 1.82) is 0 Å². The van der Waals surface area contributed by atoms with E-state index in [9.17, 15) is 9.59 Å². The van der Waals surface area contributed by atoms with Crippen molar-refractivity contribution in [2.24, 2.45) is 5.73 Å². The van der Waals surface area contributed by atoms with E-state index in [2.05, 4.69) is 15.6 Å². The van der Waals surface area contributed by atoms with E-state index < -0.39 is 6.04 Å². The van der Waals surface area contributed by atoms with E-state index in [0.29, 0.717) is 27.8 Å². The topological polar surface area (TPSA) is 97.1 Å². The maximum atomic E-state index is 12.3. The number of nitrogens with one attached hydrogen (secondary N) is 2. The first-order valence-electron chi connectivity index (χ1n) is 9.61. The number of carbonyl (C=O) groups excluding carboxylic acids is 2. The lowest BCUT2D eigenvalue weighted by Gasteiger charge is -2.14. The van der Waals surface area contributed by atoms with Crippen LogP contribution in [0.15, 0.2) is 60.9 Å².